The summed E-state index contributed by atoms with van der Waals surface area (Å²) in [5.41, 5.74) is 4.14. The van der Waals surface area contributed by atoms with Crippen LogP contribution in [0.15, 0.2) is 48.5 Å². The van der Waals surface area contributed by atoms with Crippen LogP contribution in [0.5, 0.6) is 11.5 Å². The van der Waals surface area contributed by atoms with E-state index in [9.17, 15) is 18.3 Å². The number of hydrogen-bond acceptors (Lipinski definition) is 7. The summed E-state index contributed by atoms with van der Waals surface area (Å²) in [4.78, 5) is 0. The van der Waals surface area contributed by atoms with Crippen molar-refractivity contribution in [1.82, 2.24) is 10.2 Å². The zero-order valence-corrected chi connectivity index (χ0v) is 17.5. The lowest BCUT2D eigenvalue weighted by Crippen LogP contribution is -2.36. The number of benzene rings is 2. The van der Waals surface area contributed by atoms with Gasteiger partial charge in [0.2, 0.25) is 0 Å². The molecule has 3 rings (SSSR count). The summed E-state index contributed by atoms with van der Waals surface area (Å²) in [6.07, 6.45) is -4.18. The third kappa shape index (κ3) is 5.93. The molecular formula is C21H22F3N3O3S. The third-order valence-corrected chi connectivity index (χ3v) is 5.58. The normalized spacial score (nSPS) is 13.6. The van der Waals surface area contributed by atoms with Gasteiger partial charge < -0.3 is 20.3 Å². The minimum Gasteiger partial charge on any atom is -0.493 e. The van der Waals surface area contributed by atoms with Gasteiger partial charge in [0, 0.05) is 12.0 Å². The average Bonchev–Trinajstić information content (AvgIpc) is 3.25. The molecule has 10 heteroatoms. The lowest BCUT2D eigenvalue weighted by Gasteiger charge is -2.17. The molecule has 166 valence electrons. The van der Waals surface area contributed by atoms with E-state index < -0.39 is 17.3 Å². The summed E-state index contributed by atoms with van der Waals surface area (Å²) in [6.45, 7) is 1.59. The maximum absolute atomic E-state index is 13.6. The molecular weight excluding hydrogens is 431 g/mol. The second kappa shape index (κ2) is 9.63. The van der Waals surface area contributed by atoms with Crippen LogP contribution < -0.4 is 15.2 Å². The predicted molar refractivity (Wildman–Crippen MR) is 111 cm³/mol. The second-order valence-corrected chi connectivity index (χ2v) is 8.04. The van der Waals surface area contributed by atoms with Crippen LogP contribution >= 0.6 is 11.3 Å². The van der Waals surface area contributed by atoms with Crippen molar-refractivity contribution in [1.29, 1.82) is 0 Å². The van der Waals surface area contributed by atoms with E-state index in [0.29, 0.717) is 23.8 Å². The molecule has 0 spiro atoms. The number of halogens is 3. The van der Waals surface area contributed by atoms with Crippen molar-refractivity contribution in [2.24, 2.45) is 5.73 Å². The van der Waals surface area contributed by atoms with E-state index in [2.05, 4.69) is 10.2 Å². The number of ether oxygens (including phenoxy) is 2. The number of para-hydroxylation sites is 1. The minimum atomic E-state index is -4.60. The van der Waals surface area contributed by atoms with Gasteiger partial charge in [0.15, 0.2) is 0 Å². The van der Waals surface area contributed by atoms with Gasteiger partial charge in [0.05, 0.1) is 30.9 Å². The first-order valence-electron chi connectivity index (χ1n) is 9.47. The number of nitrogens with zero attached hydrogens (tertiary/aromatic N) is 2. The largest absolute Gasteiger partial charge is 0.493 e. The van der Waals surface area contributed by atoms with Gasteiger partial charge in [-0.2, -0.15) is 13.2 Å². The van der Waals surface area contributed by atoms with Gasteiger partial charge in [-0.3, -0.25) is 0 Å². The van der Waals surface area contributed by atoms with Gasteiger partial charge in [-0.1, -0.05) is 29.5 Å². The molecule has 1 unspecified atom stereocenters. The van der Waals surface area contributed by atoms with Crippen molar-refractivity contribution in [3.63, 3.8) is 0 Å². The number of aliphatic hydroxyl groups is 1. The van der Waals surface area contributed by atoms with E-state index in [4.69, 9.17) is 15.2 Å². The van der Waals surface area contributed by atoms with E-state index in [0.717, 1.165) is 17.4 Å². The number of aromatic nitrogens is 2. The summed E-state index contributed by atoms with van der Waals surface area (Å²) in [6, 6.07) is 12.9. The molecule has 3 aromatic rings. The maximum atomic E-state index is 13.6. The molecule has 0 aliphatic carbocycles. The number of hydrogen-bond donors (Lipinski definition) is 2. The first-order valence-corrected chi connectivity index (χ1v) is 10.3. The Balaban J connectivity index is 1.69. The lowest BCUT2D eigenvalue weighted by molar-refractivity contribution is -0.138. The Hall–Kier alpha value is -2.69. The zero-order chi connectivity index (χ0) is 22.5. The first kappa shape index (κ1) is 23.0. The summed E-state index contributed by atoms with van der Waals surface area (Å²) in [7, 11) is 0. The van der Waals surface area contributed by atoms with Gasteiger partial charge in [-0.15, -0.1) is 10.2 Å². The van der Waals surface area contributed by atoms with Gasteiger partial charge in [-0.05, 0) is 37.3 Å². The molecule has 0 fully saturated rings. The Kier molecular flexibility index (Phi) is 7.14. The highest BCUT2D eigenvalue weighted by Crippen LogP contribution is 2.39. The van der Waals surface area contributed by atoms with Crippen LogP contribution in [-0.2, 0) is 11.7 Å². The van der Waals surface area contributed by atoms with Crippen LogP contribution in [0.3, 0.4) is 0 Å². The molecule has 2 aromatic carbocycles. The van der Waals surface area contributed by atoms with E-state index in [1.54, 1.807) is 19.1 Å². The molecule has 0 amide bonds. The fourth-order valence-corrected chi connectivity index (χ4v) is 3.49. The molecule has 31 heavy (non-hydrogen) atoms. The van der Waals surface area contributed by atoms with Crippen LogP contribution in [0.25, 0.3) is 10.6 Å². The first-order chi connectivity index (χ1) is 14.7. The van der Waals surface area contributed by atoms with Gasteiger partial charge >= 0.3 is 6.18 Å². The smallest absolute Gasteiger partial charge is 0.419 e. The Morgan fingerprint density at radius 3 is 2.42 bits per heavy atom. The predicted octanol–water partition coefficient (Wildman–Crippen LogP) is 4.24. The zero-order valence-electron chi connectivity index (χ0n) is 16.7. The van der Waals surface area contributed by atoms with Crippen molar-refractivity contribution in [3.05, 3.63) is 59.1 Å². The maximum Gasteiger partial charge on any atom is 0.419 e. The van der Waals surface area contributed by atoms with Crippen molar-refractivity contribution in [2.45, 2.75) is 25.1 Å². The fourth-order valence-electron chi connectivity index (χ4n) is 2.60. The molecule has 1 heterocycles. The van der Waals surface area contributed by atoms with E-state index in [1.165, 1.54) is 12.1 Å². The third-order valence-electron chi connectivity index (χ3n) is 4.33. The molecule has 3 N–H and O–H groups in total. The van der Waals surface area contributed by atoms with Crippen LogP contribution in [0, 0.1) is 0 Å². The summed E-state index contributed by atoms with van der Waals surface area (Å²) >= 11 is 1.03. The van der Waals surface area contributed by atoms with E-state index in [-0.39, 0.29) is 29.5 Å². The van der Waals surface area contributed by atoms with Gasteiger partial charge in [0.1, 0.15) is 21.5 Å². The van der Waals surface area contributed by atoms with Crippen molar-refractivity contribution >= 4 is 11.3 Å². The van der Waals surface area contributed by atoms with Crippen molar-refractivity contribution in [2.75, 3.05) is 19.8 Å². The van der Waals surface area contributed by atoms with E-state index >= 15 is 0 Å². The highest BCUT2D eigenvalue weighted by molar-refractivity contribution is 7.14. The Morgan fingerprint density at radius 1 is 1.03 bits per heavy atom. The molecule has 0 aliphatic heterocycles. The number of nitrogens with two attached hydrogens (primary N) is 1. The molecule has 0 bridgehead atoms. The Bertz CT molecular complexity index is 994. The Morgan fingerprint density at radius 2 is 1.74 bits per heavy atom. The number of alkyl halides is 3. The minimum absolute atomic E-state index is 0.0697. The molecule has 1 atom stereocenters. The highest BCUT2D eigenvalue weighted by Gasteiger charge is 2.35. The topological polar surface area (TPSA) is 90.5 Å². The lowest BCUT2D eigenvalue weighted by atomic mass is 10.1. The summed E-state index contributed by atoms with van der Waals surface area (Å²) in [5.74, 6) is 0.425. The number of aliphatic hydroxyl groups excluding tert-OH is 1. The van der Waals surface area contributed by atoms with Crippen molar-refractivity contribution in [3.8, 4) is 22.1 Å². The standard InChI is InChI=1S/C21H22F3N3O3S/c1-20(25,13-28)19-27-26-18(31-19)14-8-9-17(16(12-14)21(22,23)24)30-11-5-10-29-15-6-3-2-4-7-15/h2-4,6-9,12,28H,5,10-11,13,25H2,1H3. The summed E-state index contributed by atoms with van der Waals surface area (Å²) in [5, 5.41) is 17.8. The number of rotatable bonds is 9. The molecule has 1 aromatic heterocycles. The van der Waals surface area contributed by atoms with Crippen molar-refractivity contribution < 1.29 is 27.8 Å². The molecule has 0 radical (unpaired) electrons. The quantitative estimate of drug-likeness (QED) is 0.471. The summed E-state index contributed by atoms with van der Waals surface area (Å²) < 4.78 is 51.7. The Labute approximate surface area is 181 Å². The van der Waals surface area contributed by atoms with Gasteiger partial charge in [-0.25, -0.2) is 0 Å². The molecule has 0 aliphatic rings. The van der Waals surface area contributed by atoms with E-state index in [1.807, 2.05) is 18.2 Å². The van der Waals surface area contributed by atoms with Crippen LogP contribution in [0.2, 0.25) is 0 Å². The fraction of sp³-hybridized carbons (Fsp3) is 0.333. The molecule has 0 saturated carbocycles. The molecule has 6 nitrogen and oxygen atoms in total. The SMILES string of the molecule is CC(N)(CO)c1nnc(-c2ccc(OCCCOc3ccccc3)c(C(F)(F)F)c2)s1. The van der Waals surface area contributed by atoms with Crippen LogP contribution in [0.1, 0.15) is 23.9 Å². The van der Waals surface area contributed by atoms with Crippen LogP contribution in [0.4, 0.5) is 13.2 Å². The second-order valence-electron chi connectivity index (χ2n) is 7.06. The van der Waals surface area contributed by atoms with Crippen LogP contribution in [-0.4, -0.2) is 35.1 Å². The highest BCUT2D eigenvalue weighted by atomic mass is 32.1. The average molecular weight is 453 g/mol. The molecule has 0 saturated heterocycles. The monoisotopic (exact) mass is 453 g/mol. The van der Waals surface area contributed by atoms with Gasteiger partial charge in [0.25, 0.3) is 0 Å².